The molecule has 2 bridgehead atoms. The van der Waals surface area contributed by atoms with Crippen LogP contribution in [0.4, 0.5) is 0 Å². The van der Waals surface area contributed by atoms with E-state index in [4.69, 9.17) is 0 Å². The van der Waals surface area contributed by atoms with E-state index in [1.165, 1.54) is 25.7 Å². The van der Waals surface area contributed by atoms with Gasteiger partial charge in [-0.1, -0.05) is 13.3 Å². The van der Waals surface area contributed by atoms with Gasteiger partial charge < -0.3 is 10.6 Å². The van der Waals surface area contributed by atoms with Crippen LogP contribution in [0.3, 0.4) is 0 Å². The molecular weight excluding hydrogens is 224 g/mol. The third-order valence-electron chi connectivity index (χ3n) is 4.87. The molecule has 0 radical (unpaired) electrons. The monoisotopic (exact) mass is 252 g/mol. The fourth-order valence-electron chi connectivity index (χ4n) is 4.02. The molecule has 5 unspecified atom stereocenters. The van der Waals surface area contributed by atoms with Gasteiger partial charge in [-0.05, 0) is 57.4 Å². The second kappa shape index (κ2) is 6.05. The molecule has 2 rings (SSSR count). The van der Waals surface area contributed by atoms with Crippen molar-refractivity contribution in [3.8, 4) is 0 Å². The highest BCUT2D eigenvalue weighted by Crippen LogP contribution is 2.49. The second-order valence-corrected chi connectivity index (χ2v) is 6.36. The highest BCUT2D eigenvalue weighted by molar-refractivity contribution is 5.76. The number of hydrogen-bond acceptors (Lipinski definition) is 2. The van der Waals surface area contributed by atoms with Crippen molar-refractivity contribution in [3.63, 3.8) is 0 Å². The molecule has 2 saturated carbocycles. The number of amides is 1. The summed E-state index contributed by atoms with van der Waals surface area (Å²) in [5.41, 5.74) is 0. The molecule has 0 saturated heterocycles. The van der Waals surface area contributed by atoms with Crippen molar-refractivity contribution in [1.82, 2.24) is 10.6 Å². The van der Waals surface area contributed by atoms with Gasteiger partial charge in [0.25, 0.3) is 0 Å². The minimum absolute atomic E-state index is 0.207. The van der Waals surface area contributed by atoms with E-state index in [9.17, 15) is 4.79 Å². The molecular formula is C15H28N2O. The van der Waals surface area contributed by atoms with E-state index in [0.29, 0.717) is 12.5 Å². The average Bonchev–Trinajstić information content (AvgIpc) is 2.90. The van der Waals surface area contributed by atoms with Crippen LogP contribution in [0.25, 0.3) is 0 Å². The highest BCUT2D eigenvalue weighted by Gasteiger charge is 2.42. The summed E-state index contributed by atoms with van der Waals surface area (Å²) in [5.74, 6) is 2.79. The molecule has 3 heteroatoms. The van der Waals surface area contributed by atoms with Gasteiger partial charge in [-0.15, -0.1) is 0 Å². The fraction of sp³-hybridized carbons (Fsp3) is 0.933. The predicted molar refractivity (Wildman–Crippen MR) is 74.3 cm³/mol. The Balaban J connectivity index is 1.73. The number of fused-ring (bicyclic) bond motifs is 2. The van der Waals surface area contributed by atoms with E-state index in [-0.39, 0.29) is 11.9 Å². The Hall–Kier alpha value is -0.570. The SMILES string of the molecule is CCNC(C)CC(=O)NC(C)C1CC2CCC1C2. The first-order chi connectivity index (χ1) is 8.60. The smallest absolute Gasteiger partial charge is 0.221 e. The van der Waals surface area contributed by atoms with Crippen LogP contribution in [0, 0.1) is 17.8 Å². The van der Waals surface area contributed by atoms with Crippen molar-refractivity contribution in [1.29, 1.82) is 0 Å². The summed E-state index contributed by atoms with van der Waals surface area (Å²) in [6, 6.07) is 0.642. The molecule has 2 aliphatic carbocycles. The lowest BCUT2D eigenvalue weighted by molar-refractivity contribution is -0.122. The van der Waals surface area contributed by atoms with Crippen molar-refractivity contribution in [2.45, 2.75) is 65.0 Å². The summed E-state index contributed by atoms with van der Waals surface area (Å²) in [6.45, 7) is 7.27. The van der Waals surface area contributed by atoms with Crippen LogP contribution in [0.1, 0.15) is 52.9 Å². The summed E-state index contributed by atoms with van der Waals surface area (Å²) in [4.78, 5) is 12.0. The Labute approximate surface area is 111 Å². The standard InChI is InChI=1S/C15H28N2O/c1-4-16-10(2)7-15(18)17-11(3)14-9-12-5-6-13(14)8-12/h10-14,16H,4-9H2,1-3H3,(H,17,18). The van der Waals surface area contributed by atoms with Crippen molar-refractivity contribution in [3.05, 3.63) is 0 Å². The molecule has 104 valence electrons. The molecule has 0 aliphatic heterocycles. The minimum Gasteiger partial charge on any atom is -0.353 e. The van der Waals surface area contributed by atoms with E-state index < -0.39 is 0 Å². The summed E-state index contributed by atoms with van der Waals surface area (Å²) in [5, 5.41) is 6.50. The van der Waals surface area contributed by atoms with Gasteiger partial charge in [0.1, 0.15) is 0 Å². The maximum atomic E-state index is 12.0. The lowest BCUT2D eigenvalue weighted by Gasteiger charge is -2.29. The van der Waals surface area contributed by atoms with E-state index in [0.717, 1.165) is 24.3 Å². The van der Waals surface area contributed by atoms with E-state index in [1.807, 2.05) is 0 Å². The van der Waals surface area contributed by atoms with Crippen molar-refractivity contribution in [2.75, 3.05) is 6.54 Å². The first kappa shape index (κ1) is 13.9. The zero-order chi connectivity index (χ0) is 13.1. The van der Waals surface area contributed by atoms with Crippen molar-refractivity contribution in [2.24, 2.45) is 17.8 Å². The molecule has 2 aliphatic rings. The van der Waals surface area contributed by atoms with Crippen LogP contribution in [-0.2, 0) is 4.79 Å². The molecule has 0 aromatic heterocycles. The van der Waals surface area contributed by atoms with Crippen LogP contribution in [0.2, 0.25) is 0 Å². The largest absolute Gasteiger partial charge is 0.353 e. The predicted octanol–water partition coefficient (Wildman–Crippen LogP) is 2.32. The summed E-state index contributed by atoms with van der Waals surface area (Å²) in [7, 11) is 0. The molecule has 5 atom stereocenters. The van der Waals surface area contributed by atoms with Crippen LogP contribution < -0.4 is 10.6 Å². The van der Waals surface area contributed by atoms with E-state index in [1.54, 1.807) is 0 Å². The lowest BCUT2D eigenvalue weighted by Crippen LogP contribution is -2.42. The highest BCUT2D eigenvalue weighted by atomic mass is 16.1. The number of rotatable bonds is 6. The molecule has 0 aromatic carbocycles. The van der Waals surface area contributed by atoms with Gasteiger partial charge in [0.2, 0.25) is 5.91 Å². The molecule has 1 amide bonds. The first-order valence-corrected chi connectivity index (χ1v) is 7.62. The number of nitrogens with one attached hydrogen (secondary N) is 2. The van der Waals surface area contributed by atoms with Gasteiger partial charge in [0, 0.05) is 18.5 Å². The Morgan fingerprint density at radius 2 is 2.06 bits per heavy atom. The normalized spacial score (nSPS) is 33.4. The van der Waals surface area contributed by atoms with Crippen LogP contribution >= 0.6 is 0 Å². The number of carbonyl (C=O) groups is 1. The van der Waals surface area contributed by atoms with Crippen LogP contribution in [0.5, 0.6) is 0 Å². The van der Waals surface area contributed by atoms with Gasteiger partial charge >= 0.3 is 0 Å². The molecule has 0 aromatic rings. The number of hydrogen-bond donors (Lipinski definition) is 2. The molecule has 2 fully saturated rings. The molecule has 2 N–H and O–H groups in total. The van der Waals surface area contributed by atoms with Gasteiger partial charge in [0.15, 0.2) is 0 Å². The fourth-order valence-corrected chi connectivity index (χ4v) is 4.02. The Morgan fingerprint density at radius 1 is 1.28 bits per heavy atom. The summed E-state index contributed by atoms with van der Waals surface area (Å²) in [6.07, 6.45) is 6.18. The minimum atomic E-state index is 0.207. The van der Waals surface area contributed by atoms with Crippen molar-refractivity contribution < 1.29 is 4.79 Å². The zero-order valence-corrected chi connectivity index (χ0v) is 12.0. The maximum Gasteiger partial charge on any atom is 0.221 e. The number of carbonyl (C=O) groups excluding carboxylic acids is 1. The van der Waals surface area contributed by atoms with Crippen LogP contribution in [-0.4, -0.2) is 24.5 Å². The Morgan fingerprint density at radius 3 is 2.61 bits per heavy atom. The van der Waals surface area contributed by atoms with Gasteiger partial charge in [-0.2, -0.15) is 0 Å². The third-order valence-corrected chi connectivity index (χ3v) is 4.87. The molecule has 18 heavy (non-hydrogen) atoms. The van der Waals surface area contributed by atoms with Gasteiger partial charge in [-0.25, -0.2) is 0 Å². The quantitative estimate of drug-likeness (QED) is 0.761. The third kappa shape index (κ3) is 3.25. The van der Waals surface area contributed by atoms with Crippen molar-refractivity contribution >= 4 is 5.91 Å². The first-order valence-electron chi connectivity index (χ1n) is 7.62. The average molecular weight is 252 g/mol. The topological polar surface area (TPSA) is 41.1 Å². The maximum absolute atomic E-state index is 12.0. The zero-order valence-electron chi connectivity index (χ0n) is 12.0. The summed E-state index contributed by atoms with van der Waals surface area (Å²) >= 11 is 0. The van der Waals surface area contributed by atoms with Crippen LogP contribution in [0.15, 0.2) is 0 Å². The van der Waals surface area contributed by atoms with Gasteiger partial charge in [0.05, 0.1) is 0 Å². The second-order valence-electron chi connectivity index (χ2n) is 6.36. The lowest BCUT2D eigenvalue weighted by atomic mass is 9.84. The summed E-state index contributed by atoms with van der Waals surface area (Å²) < 4.78 is 0. The Kier molecular flexibility index (Phi) is 4.66. The molecule has 0 spiro atoms. The molecule has 0 heterocycles. The van der Waals surface area contributed by atoms with Gasteiger partial charge in [-0.3, -0.25) is 4.79 Å². The van der Waals surface area contributed by atoms with E-state index in [2.05, 4.69) is 31.4 Å². The molecule has 3 nitrogen and oxygen atoms in total. The Bertz CT molecular complexity index is 292. The van der Waals surface area contributed by atoms with E-state index >= 15 is 0 Å².